The molecule has 0 atom stereocenters. The first kappa shape index (κ1) is 9.09. The average molecular weight is 210 g/mol. The summed E-state index contributed by atoms with van der Waals surface area (Å²) in [7, 11) is 0. The van der Waals surface area contributed by atoms with Crippen LogP contribution in [0.3, 0.4) is 0 Å². The van der Waals surface area contributed by atoms with Crippen LogP contribution in [0.1, 0.15) is 11.3 Å². The maximum Gasteiger partial charge on any atom is 0.179 e. The molecule has 0 fully saturated rings. The standard InChI is InChI=1S/C10H8ClNO2/c1-6-9(10(11)12-13)7-4-2-3-5-8(7)14-6/h2-5,13H,1H3/b12-10-. The maximum absolute atomic E-state index is 8.60. The molecule has 0 saturated carbocycles. The van der Waals surface area contributed by atoms with Gasteiger partial charge in [-0.3, -0.25) is 0 Å². The van der Waals surface area contributed by atoms with Crippen LogP contribution < -0.4 is 0 Å². The Labute approximate surface area is 85.6 Å². The third-order valence-corrected chi connectivity index (χ3v) is 2.33. The molecule has 0 radical (unpaired) electrons. The largest absolute Gasteiger partial charge is 0.461 e. The first-order chi connectivity index (χ1) is 6.74. The van der Waals surface area contributed by atoms with Crippen molar-refractivity contribution in [2.45, 2.75) is 6.92 Å². The van der Waals surface area contributed by atoms with Crippen molar-refractivity contribution in [1.29, 1.82) is 0 Å². The van der Waals surface area contributed by atoms with Gasteiger partial charge in [0, 0.05) is 5.39 Å². The van der Waals surface area contributed by atoms with Crippen molar-refractivity contribution < 1.29 is 9.62 Å². The van der Waals surface area contributed by atoms with E-state index in [1.54, 1.807) is 6.92 Å². The van der Waals surface area contributed by atoms with Gasteiger partial charge >= 0.3 is 0 Å². The van der Waals surface area contributed by atoms with Crippen LogP contribution >= 0.6 is 11.6 Å². The van der Waals surface area contributed by atoms with Gasteiger partial charge in [-0.15, -0.1) is 0 Å². The van der Waals surface area contributed by atoms with Crippen molar-refractivity contribution >= 4 is 27.7 Å². The SMILES string of the molecule is Cc1oc2ccccc2c1/C(Cl)=N/O. The number of rotatable bonds is 1. The van der Waals surface area contributed by atoms with Crippen molar-refractivity contribution in [2.24, 2.45) is 5.16 Å². The van der Waals surface area contributed by atoms with E-state index in [0.717, 1.165) is 11.0 Å². The Kier molecular flexibility index (Phi) is 2.17. The summed E-state index contributed by atoms with van der Waals surface area (Å²) in [5.74, 6) is 0.647. The highest BCUT2D eigenvalue weighted by molar-refractivity contribution is 6.70. The van der Waals surface area contributed by atoms with E-state index in [9.17, 15) is 0 Å². The van der Waals surface area contributed by atoms with Crippen molar-refractivity contribution in [3.63, 3.8) is 0 Å². The second-order valence-corrected chi connectivity index (χ2v) is 3.28. The molecule has 0 aliphatic heterocycles. The molecule has 1 heterocycles. The van der Waals surface area contributed by atoms with E-state index in [1.807, 2.05) is 24.3 Å². The molecule has 0 aliphatic rings. The van der Waals surface area contributed by atoms with Crippen LogP contribution in [0.5, 0.6) is 0 Å². The molecule has 0 bridgehead atoms. The van der Waals surface area contributed by atoms with Gasteiger partial charge in [-0.2, -0.15) is 0 Å². The van der Waals surface area contributed by atoms with Gasteiger partial charge in [0.05, 0.1) is 5.56 Å². The zero-order valence-corrected chi connectivity index (χ0v) is 8.25. The zero-order valence-electron chi connectivity index (χ0n) is 7.49. The Morgan fingerprint density at radius 3 is 2.86 bits per heavy atom. The van der Waals surface area contributed by atoms with Gasteiger partial charge in [-0.25, -0.2) is 0 Å². The van der Waals surface area contributed by atoms with Crippen molar-refractivity contribution in [3.05, 3.63) is 35.6 Å². The zero-order chi connectivity index (χ0) is 10.1. The lowest BCUT2D eigenvalue weighted by Crippen LogP contribution is -1.91. The highest BCUT2D eigenvalue weighted by atomic mass is 35.5. The number of nitrogens with zero attached hydrogens (tertiary/aromatic N) is 1. The summed E-state index contributed by atoms with van der Waals surface area (Å²) in [6, 6.07) is 7.46. The number of halogens is 1. The maximum atomic E-state index is 8.60. The smallest absolute Gasteiger partial charge is 0.179 e. The number of hydrogen-bond acceptors (Lipinski definition) is 3. The third kappa shape index (κ3) is 1.26. The summed E-state index contributed by atoms with van der Waals surface area (Å²) in [5, 5.41) is 12.5. The lowest BCUT2D eigenvalue weighted by atomic mass is 10.1. The lowest BCUT2D eigenvalue weighted by Gasteiger charge is -1.92. The molecule has 0 saturated heterocycles. The van der Waals surface area contributed by atoms with Crippen LogP contribution in [0.25, 0.3) is 11.0 Å². The normalized spacial score (nSPS) is 12.3. The number of oxime groups is 1. The van der Waals surface area contributed by atoms with Crippen LogP contribution in [0.4, 0.5) is 0 Å². The van der Waals surface area contributed by atoms with Crippen molar-refractivity contribution in [1.82, 2.24) is 0 Å². The molecule has 72 valence electrons. The summed E-state index contributed by atoms with van der Waals surface area (Å²) in [4.78, 5) is 0. The molecule has 1 aromatic heterocycles. The van der Waals surface area contributed by atoms with Crippen LogP contribution in [0, 0.1) is 6.92 Å². The fourth-order valence-electron chi connectivity index (χ4n) is 1.47. The van der Waals surface area contributed by atoms with Crippen LogP contribution in [-0.2, 0) is 0 Å². The van der Waals surface area contributed by atoms with E-state index in [1.165, 1.54) is 0 Å². The molecular formula is C10H8ClNO2. The number of furan rings is 1. The molecule has 0 spiro atoms. The molecule has 0 aliphatic carbocycles. The second-order valence-electron chi connectivity index (χ2n) is 2.92. The second kappa shape index (κ2) is 3.35. The van der Waals surface area contributed by atoms with Gasteiger partial charge in [0.15, 0.2) is 5.17 Å². The van der Waals surface area contributed by atoms with Crippen molar-refractivity contribution in [2.75, 3.05) is 0 Å². The van der Waals surface area contributed by atoms with E-state index in [-0.39, 0.29) is 5.17 Å². The summed E-state index contributed by atoms with van der Waals surface area (Å²) >= 11 is 5.76. The molecular weight excluding hydrogens is 202 g/mol. The Balaban J connectivity index is 2.81. The molecule has 2 rings (SSSR count). The predicted molar refractivity (Wildman–Crippen MR) is 55.1 cm³/mol. The quantitative estimate of drug-likeness (QED) is 0.446. The Hall–Kier alpha value is -1.48. The number of hydrogen-bond donors (Lipinski definition) is 1. The van der Waals surface area contributed by atoms with Crippen LogP contribution in [0.2, 0.25) is 0 Å². The average Bonchev–Trinajstić information content (AvgIpc) is 2.53. The minimum atomic E-state index is 0.0486. The van der Waals surface area contributed by atoms with E-state index in [4.69, 9.17) is 21.2 Å². The fraction of sp³-hybridized carbons (Fsp3) is 0.100. The highest BCUT2D eigenvalue weighted by Crippen LogP contribution is 2.26. The number of fused-ring (bicyclic) bond motifs is 1. The Morgan fingerprint density at radius 2 is 2.14 bits per heavy atom. The van der Waals surface area contributed by atoms with Gasteiger partial charge in [-0.05, 0) is 13.0 Å². The number of aryl methyl sites for hydroxylation is 1. The van der Waals surface area contributed by atoms with E-state index in [0.29, 0.717) is 11.3 Å². The minimum absolute atomic E-state index is 0.0486. The molecule has 1 N–H and O–H groups in total. The van der Waals surface area contributed by atoms with Gasteiger partial charge in [0.25, 0.3) is 0 Å². The van der Waals surface area contributed by atoms with Crippen LogP contribution in [0.15, 0.2) is 33.8 Å². The third-order valence-electron chi connectivity index (χ3n) is 2.07. The molecule has 14 heavy (non-hydrogen) atoms. The lowest BCUT2D eigenvalue weighted by molar-refractivity contribution is 0.320. The van der Waals surface area contributed by atoms with Gasteiger partial charge in [-0.1, -0.05) is 35.0 Å². The van der Waals surface area contributed by atoms with Gasteiger partial charge in [0.1, 0.15) is 11.3 Å². The topological polar surface area (TPSA) is 45.7 Å². The Bertz CT molecular complexity index is 502. The molecule has 3 nitrogen and oxygen atoms in total. The van der Waals surface area contributed by atoms with Crippen LogP contribution in [-0.4, -0.2) is 10.4 Å². The summed E-state index contributed by atoms with van der Waals surface area (Å²) < 4.78 is 5.45. The molecule has 1 aromatic carbocycles. The summed E-state index contributed by atoms with van der Waals surface area (Å²) in [6.45, 7) is 1.78. The van der Waals surface area contributed by atoms with E-state index < -0.39 is 0 Å². The fourth-order valence-corrected chi connectivity index (χ4v) is 1.71. The minimum Gasteiger partial charge on any atom is -0.461 e. The van der Waals surface area contributed by atoms with Crippen molar-refractivity contribution in [3.8, 4) is 0 Å². The van der Waals surface area contributed by atoms with Gasteiger partial charge in [0.2, 0.25) is 0 Å². The number of para-hydroxylation sites is 1. The van der Waals surface area contributed by atoms with E-state index in [2.05, 4.69) is 5.16 Å². The van der Waals surface area contributed by atoms with E-state index >= 15 is 0 Å². The summed E-state index contributed by atoms with van der Waals surface area (Å²) in [6.07, 6.45) is 0. The van der Waals surface area contributed by atoms with Gasteiger partial charge < -0.3 is 9.62 Å². The molecule has 0 unspecified atom stereocenters. The number of benzene rings is 1. The Morgan fingerprint density at radius 1 is 1.43 bits per heavy atom. The first-order valence-electron chi connectivity index (χ1n) is 4.10. The molecule has 2 aromatic rings. The molecule has 0 amide bonds. The molecule has 4 heteroatoms. The first-order valence-corrected chi connectivity index (χ1v) is 4.48. The highest BCUT2D eigenvalue weighted by Gasteiger charge is 2.14. The summed E-state index contributed by atoms with van der Waals surface area (Å²) in [5.41, 5.74) is 1.38. The monoisotopic (exact) mass is 209 g/mol. The predicted octanol–water partition coefficient (Wildman–Crippen LogP) is 3.12.